The molecule has 1 spiro atoms. The number of piperidine rings is 1. The first kappa shape index (κ1) is 7.53. The van der Waals surface area contributed by atoms with Gasteiger partial charge in [-0.1, -0.05) is 6.04 Å². The number of hydrogen-bond acceptors (Lipinski definition) is 5. The summed E-state index contributed by atoms with van der Waals surface area (Å²) in [6, 6.07) is -2.85. The largest absolute Gasteiger partial charge is 0.493 e. The molecule has 2 aliphatic heterocycles. The quantitative estimate of drug-likeness (QED) is 0.881. The molecule has 4 atom stereocenters. The van der Waals surface area contributed by atoms with Gasteiger partial charge >= 0.3 is 0 Å². The Morgan fingerprint density at radius 1 is 1.65 bits per heavy atom. The average molecular weight is 324 g/mol. The summed E-state index contributed by atoms with van der Waals surface area (Å²) in [6.07, 6.45) is -5.26. The molecular formula is C18H21NO4. The number of likely N-dealkylation sites (tertiary alicyclic amines) is 1. The molecule has 2 bridgehead atoms. The number of ether oxygens (including phenoxy) is 2. The predicted octanol–water partition coefficient (Wildman–Crippen LogP) is 1.05. The van der Waals surface area contributed by atoms with Crippen LogP contribution < -0.4 is 9.47 Å². The lowest BCUT2D eigenvalue weighted by Crippen LogP contribution is -2.76. The number of hydrogen-bond donors (Lipinski definition) is 1. The predicted molar refractivity (Wildman–Crippen MR) is 83.0 cm³/mol. The second-order valence-corrected chi connectivity index (χ2v) is 6.51. The maximum atomic E-state index is 13.2. The summed E-state index contributed by atoms with van der Waals surface area (Å²) in [5.74, 6) is -0.995. The third-order valence-corrected chi connectivity index (χ3v) is 5.73. The highest BCUT2D eigenvalue weighted by molar-refractivity contribution is 5.90. The third-order valence-electron chi connectivity index (χ3n) is 5.73. The lowest BCUT2D eigenvalue weighted by molar-refractivity contribution is -0.185. The summed E-state index contributed by atoms with van der Waals surface area (Å²) in [6.45, 7) is -2.94. The average Bonchev–Trinajstić information content (AvgIpc) is 3.01. The number of benzene rings is 1. The minimum atomic E-state index is -2.78. The van der Waals surface area contributed by atoms with E-state index in [0.29, 0.717) is 5.56 Å². The Balaban J connectivity index is 1.95. The number of methoxy groups -OCH3 is 1. The van der Waals surface area contributed by atoms with Crippen molar-refractivity contribution in [2.24, 2.45) is 0 Å². The fourth-order valence-electron chi connectivity index (χ4n) is 4.73. The Morgan fingerprint density at radius 2 is 2.57 bits per heavy atom. The SMILES string of the molecule is [2H]O[C@@]12CC([2H])([2H])C(=O)C3Oc4c(OC)c([2H])c([2H])c5c4[C@@]31CCN(C([2H])([2H])[2H])[C@]2([2H])C5. The summed E-state index contributed by atoms with van der Waals surface area (Å²) in [5.41, 5.74) is -3.20. The van der Waals surface area contributed by atoms with Crippen molar-refractivity contribution in [1.82, 2.24) is 4.90 Å². The molecule has 2 aliphatic carbocycles. The van der Waals surface area contributed by atoms with Crippen LogP contribution in [0.15, 0.2) is 12.1 Å². The second-order valence-electron chi connectivity index (χ2n) is 6.51. The Labute approximate surface area is 147 Å². The van der Waals surface area contributed by atoms with Gasteiger partial charge in [-0.05, 0) is 44.4 Å². The van der Waals surface area contributed by atoms with Crippen LogP contribution in [-0.2, 0) is 16.6 Å². The maximum absolute atomic E-state index is 13.2. The molecule has 1 saturated carbocycles. The molecule has 0 radical (unpaired) electrons. The van der Waals surface area contributed by atoms with Crippen molar-refractivity contribution in [3.05, 3.63) is 23.2 Å². The van der Waals surface area contributed by atoms with Crippen LogP contribution in [-0.4, -0.2) is 55.6 Å². The van der Waals surface area contributed by atoms with Crippen LogP contribution in [0.3, 0.4) is 0 Å². The number of ketones is 1. The van der Waals surface area contributed by atoms with E-state index in [1.807, 2.05) is 0 Å². The fourth-order valence-corrected chi connectivity index (χ4v) is 4.73. The molecule has 122 valence electrons. The van der Waals surface area contributed by atoms with Gasteiger partial charge in [0.15, 0.2) is 23.4 Å². The van der Waals surface area contributed by atoms with E-state index in [9.17, 15) is 6.17 Å². The van der Waals surface area contributed by atoms with Crippen molar-refractivity contribution in [2.75, 3.05) is 20.6 Å². The molecule has 5 heteroatoms. The van der Waals surface area contributed by atoms with Crippen molar-refractivity contribution in [3.8, 4) is 11.5 Å². The zero-order valence-electron chi connectivity index (χ0n) is 21.5. The highest BCUT2D eigenvalue weighted by atomic mass is 16.5. The van der Waals surface area contributed by atoms with Crippen molar-refractivity contribution in [1.29, 1.82) is 1.43 Å². The molecule has 0 amide bonds. The number of nitrogens with zero attached hydrogens (tertiary/aromatic N) is 1. The molecule has 5 rings (SSSR count). The summed E-state index contributed by atoms with van der Waals surface area (Å²) < 4.78 is 86.4. The highest BCUT2D eigenvalue weighted by Gasteiger charge is 2.72. The summed E-state index contributed by atoms with van der Waals surface area (Å²) >= 11 is 0. The Morgan fingerprint density at radius 3 is 3.35 bits per heavy atom. The Hall–Kier alpha value is -1.59. The van der Waals surface area contributed by atoms with Gasteiger partial charge in [0.05, 0.1) is 22.2 Å². The Bertz CT molecular complexity index is 1060. The van der Waals surface area contributed by atoms with Crippen molar-refractivity contribution in [3.63, 3.8) is 0 Å². The van der Waals surface area contributed by atoms with Gasteiger partial charge in [-0.15, -0.1) is 0 Å². The smallest absolute Gasteiger partial charge is 0.211 e. The number of rotatable bonds is 2. The molecule has 23 heavy (non-hydrogen) atoms. The lowest BCUT2D eigenvalue weighted by atomic mass is 9.49. The minimum Gasteiger partial charge on any atom is -0.493 e. The molecule has 1 aromatic rings. The first-order valence-electron chi connectivity index (χ1n) is 12.0. The minimum absolute atomic E-state index is 0.00496. The van der Waals surface area contributed by atoms with Crippen LogP contribution in [0.25, 0.3) is 0 Å². The van der Waals surface area contributed by atoms with E-state index in [1.165, 1.54) is 7.11 Å². The topological polar surface area (TPSA) is 59.0 Å². The molecule has 1 saturated heterocycles. The number of aliphatic hydroxyl groups is 1. The standard InChI is InChI=1S/C18H21NO4/c1-19-8-7-17-14-10-3-4-12(22-2)15(14)23-16(17)11(20)5-6-18(17,21)13(19)9-10/h3-4,13,16,21H,5-9H2,1-2H3/t13-,16?,17+,18-/m1/s1/i1D3,3D,4D,5D2,13D,21D. The molecule has 1 aromatic carbocycles. The van der Waals surface area contributed by atoms with Crippen LogP contribution in [0.2, 0.25) is 0 Å². The van der Waals surface area contributed by atoms with Crippen molar-refractivity contribution < 1.29 is 30.3 Å². The van der Waals surface area contributed by atoms with Gasteiger partial charge in [-0.25, -0.2) is 0 Å². The van der Waals surface area contributed by atoms with Gasteiger partial charge in [0.1, 0.15) is 0 Å². The summed E-state index contributed by atoms with van der Waals surface area (Å²) in [4.78, 5) is 14.1. The van der Waals surface area contributed by atoms with Crippen LogP contribution >= 0.6 is 0 Å². The molecule has 2 fully saturated rings. The van der Waals surface area contributed by atoms with Crippen molar-refractivity contribution >= 4 is 5.78 Å². The van der Waals surface area contributed by atoms with Crippen LogP contribution in [0, 0.1) is 0 Å². The number of Topliss-reactive ketones (excluding diaryl/α,β-unsaturated/α-hetero) is 1. The van der Waals surface area contributed by atoms with Gasteiger partial charge in [0, 0.05) is 24.8 Å². The normalized spacial score (nSPS) is 52.1. The zero-order chi connectivity index (χ0) is 23.6. The zero-order valence-corrected chi connectivity index (χ0v) is 12.5. The molecule has 0 aromatic heterocycles. The number of likely N-dealkylation sites (N-methyl/N-ethyl adjacent to an activating group) is 1. The number of carbonyl (C=O) groups is 1. The number of carbonyl (C=O) groups excluding carboxylic acids is 1. The van der Waals surface area contributed by atoms with Crippen LogP contribution in [0.5, 0.6) is 11.5 Å². The van der Waals surface area contributed by atoms with E-state index in [1.54, 1.807) is 0 Å². The second kappa shape index (κ2) is 4.08. The highest BCUT2D eigenvalue weighted by Crippen LogP contribution is 2.64. The van der Waals surface area contributed by atoms with E-state index in [4.69, 9.17) is 25.6 Å². The van der Waals surface area contributed by atoms with Crippen molar-refractivity contribution in [2.45, 2.75) is 48.8 Å². The summed E-state index contributed by atoms with van der Waals surface area (Å²) in [5, 5.41) is 5.21. The van der Waals surface area contributed by atoms with E-state index in [0.717, 1.165) is 4.90 Å². The van der Waals surface area contributed by atoms with Gasteiger partial charge in [-0.3, -0.25) is 4.79 Å². The molecular weight excluding hydrogens is 294 g/mol. The third kappa shape index (κ3) is 1.32. The Kier molecular flexibility index (Phi) is 1.34. The summed E-state index contributed by atoms with van der Waals surface area (Å²) in [7, 11) is 1.28. The van der Waals surface area contributed by atoms with E-state index >= 15 is 0 Å². The maximum Gasteiger partial charge on any atom is 0.211 e. The first-order valence-corrected chi connectivity index (χ1v) is 7.57. The van der Waals surface area contributed by atoms with E-state index in [-0.39, 0.29) is 42.1 Å². The molecule has 4 aliphatic rings. The monoisotopic (exact) mass is 324 g/mol. The first-order chi connectivity index (χ1) is 14.7. The van der Waals surface area contributed by atoms with E-state index < -0.39 is 55.1 Å². The van der Waals surface area contributed by atoms with Crippen LogP contribution in [0.4, 0.5) is 0 Å². The molecule has 2 heterocycles. The molecule has 5 nitrogen and oxygen atoms in total. The molecule has 1 N–H and O–H groups in total. The van der Waals surface area contributed by atoms with Gasteiger partial charge < -0.3 is 19.5 Å². The fraction of sp³-hybridized carbons (Fsp3) is 0.611. The van der Waals surface area contributed by atoms with E-state index in [2.05, 4.69) is 0 Å². The lowest BCUT2D eigenvalue weighted by Gasteiger charge is -2.62. The van der Waals surface area contributed by atoms with Gasteiger partial charge in [0.2, 0.25) is 1.43 Å². The van der Waals surface area contributed by atoms with Gasteiger partial charge in [-0.2, -0.15) is 0 Å². The molecule has 1 unspecified atom stereocenters. The van der Waals surface area contributed by atoms with Crippen LogP contribution in [0.1, 0.15) is 41.3 Å². The van der Waals surface area contributed by atoms with Gasteiger partial charge in [0.25, 0.3) is 0 Å².